The van der Waals surface area contributed by atoms with E-state index in [0.717, 1.165) is 56.3 Å². The Morgan fingerprint density at radius 1 is 1.12 bits per heavy atom. The number of nitrogens with zero attached hydrogens (tertiary/aromatic N) is 3. The Morgan fingerprint density at radius 3 is 2.76 bits per heavy atom. The molecular weight excluding hydrogens is 317 g/mol. The highest BCUT2D eigenvalue weighted by Gasteiger charge is 2.39. The predicted molar refractivity (Wildman–Crippen MR) is 94.6 cm³/mol. The molecule has 2 saturated heterocycles. The van der Waals surface area contributed by atoms with Crippen molar-refractivity contribution >= 4 is 0 Å². The molecule has 2 aliphatic heterocycles. The maximum Gasteiger partial charge on any atom is 0.123 e. The minimum atomic E-state index is -0.181. The molecule has 0 saturated carbocycles. The monoisotopic (exact) mass is 341 g/mol. The number of aryl methyl sites for hydroxylation is 1. The Morgan fingerprint density at radius 2 is 1.96 bits per heavy atom. The smallest absolute Gasteiger partial charge is 0.123 e. The molecule has 2 fully saturated rings. The minimum absolute atomic E-state index is 0.181. The average molecular weight is 341 g/mol. The number of morpholine rings is 1. The van der Waals surface area contributed by atoms with E-state index in [1.54, 1.807) is 0 Å². The van der Waals surface area contributed by atoms with Crippen LogP contribution < -0.4 is 0 Å². The third kappa shape index (κ3) is 3.89. The first kappa shape index (κ1) is 16.6. The molecule has 0 N–H and O–H groups in total. The van der Waals surface area contributed by atoms with E-state index in [9.17, 15) is 4.39 Å². The van der Waals surface area contributed by atoms with Gasteiger partial charge in [-0.1, -0.05) is 18.2 Å². The number of ether oxygens (including phenoxy) is 1. The number of aromatic nitrogens is 1. The lowest BCUT2D eigenvalue weighted by Crippen LogP contribution is -2.50. The first-order valence-electron chi connectivity index (χ1n) is 8.92. The first-order chi connectivity index (χ1) is 12.2. The summed E-state index contributed by atoms with van der Waals surface area (Å²) in [5.41, 5.74) is 3.33. The van der Waals surface area contributed by atoms with E-state index in [0.29, 0.717) is 6.04 Å². The van der Waals surface area contributed by atoms with Crippen LogP contribution in [-0.4, -0.2) is 53.2 Å². The number of rotatable bonds is 4. The van der Waals surface area contributed by atoms with Gasteiger partial charge in [0.05, 0.1) is 24.4 Å². The van der Waals surface area contributed by atoms with E-state index >= 15 is 0 Å². The molecule has 4 nitrogen and oxygen atoms in total. The molecule has 2 atom stereocenters. The van der Waals surface area contributed by atoms with Gasteiger partial charge in [0.25, 0.3) is 0 Å². The maximum atomic E-state index is 13.1. The minimum Gasteiger partial charge on any atom is -0.374 e. The molecule has 0 unspecified atom stereocenters. The molecule has 4 rings (SSSR count). The quantitative estimate of drug-likeness (QED) is 0.855. The lowest BCUT2D eigenvalue weighted by Gasteiger charge is -2.36. The van der Waals surface area contributed by atoms with Crippen LogP contribution in [-0.2, 0) is 17.8 Å². The van der Waals surface area contributed by atoms with Crippen LogP contribution in [0.5, 0.6) is 0 Å². The number of pyridine rings is 1. The van der Waals surface area contributed by atoms with E-state index in [2.05, 4.69) is 26.9 Å². The second-order valence-electron chi connectivity index (χ2n) is 7.04. The third-order valence-electron chi connectivity index (χ3n) is 5.12. The van der Waals surface area contributed by atoms with Crippen molar-refractivity contribution in [2.24, 2.45) is 0 Å². The molecule has 2 aromatic rings. The summed E-state index contributed by atoms with van der Waals surface area (Å²) in [6.07, 6.45) is 0.249. The van der Waals surface area contributed by atoms with Crippen molar-refractivity contribution in [1.82, 2.24) is 14.8 Å². The molecule has 0 bridgehead atoms. The van der Waals surface area contributed by atoms with Crippen LogP contribution in [0, 0.1) is 12.7 Å². The van der Waals surface area contributed by atoms with Crippen molar-refractivity contribution in [3.8, 4) is 0 Å². The van der Waals surface area contributed by atoms with Gasteiger partial charge < -0.3 is 4.74 Å². The van der Waals surface area contributed by atoms with Crippen molar-refractivity contribution < 1.29 is 9.13 Å². The Balaban J connectivity index is 1.42. The maximum absolute atomic E-state index is 13.1. The fourth-order valence-corrected chi connectivity index (χ4v) is 3.90. The van der Waals surface area contributed by atoms with Crippen molar-refractivity contribution in [3.63, 3.8) is 0 Å². The molecular formula is C20H24FN3O. The van der Waals surface area contributed by atoms with Crippen LogP contribution in [0.15, 0.2) is 42.5 Å². The van der Waals surface area contributed by atoms with E-state index in [1.807, 2.05) is 25.1 Å². The lowest BCUT2D eigenvalue weighted by molar-refractivity contribution is -0.0508. The summed E-state index contributed by atoms with van der Waals surface area (Å²) in [6, 6.07) is 13.4. The highest BCUT2D eigenvalue weighted by molar-refractivity contribution is 5.16. The summed E-state index contributed by atoms with van der Waals surface area (Å²) >= 11 is 0. The molecule has 0 spiro atoms. The summed E-state index contributed by atoms with van der Waals surface area (Å²) < 4.78 is 19.1. The highest BCUT2D eigenvalue weighted by atomic mass is 19.1. The molecule has 3 heterocycles. The topological polar surface area (TPSA) is 28.6 Å². The van der Waals surface area contributed by atoms with Crippen LogP contribution >= 0.6 is 0 Å². The first-order valence-corrected chi connectivity index (χ1v) is 8.92. The fraction of sp³-hybridized carbons (Fsp3) is 0.450. The van der Waals surface area contributed by atoms with Gasteiger partial charge in [-0.05, 0) is 36.8 Å². The number of hydrogen-bond donors (Lipinski definition) is 0. The molecule has 0 aliphatic carbocycles. The van der Waals surface area contributed by atoms with Crippen LogP contribution in [0.1, 0.15) is 17.0 Å². The Bertz CT molecular complexity index is 721. The van der Waals surface area contributed by atoms with Crippen LogP contribution in [0.25, 0.3) is 0 Å². The summed E-state index contributed by atoms with van der Waals surface area (Å²) in [5, 5.41) is 0. The second kappa shape index (κ2) is 7.20. The summed E-state index contributed by atoms with van der Waals surface area (Å²) in [5.74, 6) is -0.181. The van der Waals surface area contributed by atoms with Gasteiger partial charge in [0.15, 0.2) is 0 Å². The Hall–Kier alpha value is -1.82. The number of benzene rings is 1. The van der Waals surface area contributed by atoms with Gasteiger partial charge in [0.1, 0.15) is 5.82 Å². The molecule has 2 aliphatic rings. The molecule has 25 heavy (non-hydrogen) atoms. The van der Waals surface area contributed by atoms with E-state index in [-0.39, 0.29) is 11.9 Å². The third-order valence-corrected chi connectivity index (χ3v) is 5.12. The van der Waals surface area contributed by atoms with Gasteiger partial charge in [0, 0.05) is 38.4 Å². The molecule has 0 amide bonds. The standard InChI is InChI=1S/C20H24FN3O/c1-15-3-2-4-18(22-15)12-24-9-10-25-20-14-23(13-19(20)24)11-16-5-7-17(21)8-6-16/h2-8,19-20H,9-14H2,1H3/t19-,20+/m0/s1. The highest BCUT2D eigenvalue weighted by Crippen LogP contribution is 2.25. The lowest BCUT2D eigenvalue weighted by atomic mass is 10.1. The molecule has 1 aromatic heterocycles. The molecule has 1 aromatic carbocycles. The Kier molecular flexibility index (Phi) is 4.79. The Labute approximate surface area is 148 Å². The number of hydrogen-bond acceptors (Lipinski definition) is 4. The van der Waals surface area contributed by atoms with Crippen LogP contribution in [0.2, 0.25) is 0 Å². The van der Waals surface area contributed by atoms with Crippen LogP contribution in [0.3, 0.4) is 0 Å². The van der Waals surface area contributed by atoms with E-state index in [4.69, 9.17) is 4.74 Å². The zero-order valence-electron chi connectivity index (χ0n) is 14.6. The molecule has 0 radical (unpaired) electrons. The SMILES string of the molecule is Cc1cccc(CN2CCO[C@@H]3CN(Cc4ccc(F)cc4)C[C@@H]32)n1. The molecule has 132 valence electrons. The van der Waals surface area contributed by atoms with Gasteiger partial charge in [-0.2, -0.15) is 0 Å². The van der Waals surface area contributed by atoms with E-state index in [1.165, 1.54) is 12.1 Å². The van der Waals surface area contributed by atoms with Gasteiger partial charge in [-0.3, -0.25) is 14.8 Å². The van der Waals surface area contributed by atoms with Gasteiger partial charge in [0.2, 0.25) is 0 Å². The molecule has 5 heteroatoms. The summed E-state index contributed by atoms with van der Waals surface area (Å²) in [4.78, 5) is 9.55. The number of fused-ring (bicyclic) bond motifs is 1. The van der Waals surface area contributed by atoms with Gasteiger partial charge in [-0.25, -0.2) is 4.39 Å². The number of likely N-dealkylation sites (tertiary alicyclic amines) is 1. The normalized spacial score (nSPS) is 24.4. The second-order valence-corrected chi connectivity index (χ2v) is 7.04. The average Bonchev–Trinajstić information content (AvgIpc) is 3.01. The summed E-state index contributed by atoms with van der Waals surface area (Å²) in [7, 11) is 0. The fourth-order valence-electron chi connectivity index (χ4n) is 3.90. The van der Waals surface area contributed by atoms with Gasteiger partial charge in [-0.15, -0.1) is 0 Å². The van der Waals surface area contributed by atoms with Gasteiger partial charge >= 0.3 is 0 Å². The number of halogens is 1. The van der Waals surface area contributed by atoms with Crippen LogP contribution in [0.4, 0.5) is 4.39 Å². The largest absolute Gasteiger partial charge is 0.374 e. The van der Waals surface area contributed by atoms with E-state index < -0.39 is 0 Å². The van der Waals surface area contributed by atoms with Crippen molar-refractivity contribution in [1.29, 1.82) is 0 Å². The zero-order chi connectivity index (χ0) is 17.2. The van der Waals surface area contributed by atoms with Crippen molar-refractivity contribution in [2.45, 2.75) is 32.2 Å². The summed E-state index contributed by atoms with van der Waals surface area (Å²) in [6.45, 7) is 7.38. The zero-order valence-corrected chi connectivity index (χ0v) is 14.6. The van der Waals surface area contributed by atoms with Crippen molar-refractivity contribution in [3.05, 3.63) is 65.2 Å². The van der Waals surface area contributed by atoms with Crippen molar-refractivity contribution in [2.75, 3.05) is 26.2 Å². The predicted octanol–water partition coefficient (Wildman–Crippen LogP) is 2.61.